The summed E-state index contributed by atoms with van der Waals surface area (Å²) in [5.41, 5.74) is 0.633. The summed E-state index contributed by atoms with van der Waals surface area (Å²) in [6.45, 7) is 7.12. The number of aryl methyl sites for hydroxylation is 1. The molecule has 0 unspecified atom stereocenters. The molecular formula is C14H18ClNO3. The zero-order valence-corrected chi connectivity index (χ0v) is 12.2. The van der Waals surface area contributed by atoms with E-state index in [2.05, 4.69) is 5.32 Å². The number of rotatable bonds is 3. The van der Waals surface area contributed by atoms with Gasteiger partial charge in [-0.05, 0) is 30.0 Å². The standard InChI is InChI=1S/C14H18ClNO3/c1-8-5-6-9(10(15)7-8)12(17)16-11(13(18)19)14(2,3)4/h5-7,11H,1-4H3,(H,16,17)(H,18,19)/t11-/m0/s1. The number of carbonyl (C=O) groups excluding carboxylic acids is 1. The van der Waals surface area contributed by atoms with Gasteiger partial charge in [0.05, 0.1) is 10.6 Å². The number of hydrogen-bond donors (Lipinski definition) is 2. The van der Waals surface area contributed by atoms with Crippen LogP contribution in [0.25, 0.3) is 0 Å². The molecule has 2 N–H and O–H groups in total. The van der Waals surface area contributed by atoms with Crippen molar-refractivity contribution in [1.82, 2.24) is 5.32 Å². The van der Waals surface area contributed by atoms with Crippen LogP contribution in [0, 0.1) is 12.3 Å². The fourth-order valence-corrected chi connectivity index (χ4v) is 1.98. The molecule has 0 heterocycles. The van der Waals surface area contributed by atoms with Gasteiger partial charge in [-0.1, -0.05) is 38.4 Å². The molecule has 0 fully saturated rings. The number of carboxylic acids is 1. The van der Waals surface area contributed by atoms with Crippen LogP contribution in [0.5, 0.6) is 0 Å². The van der Waals surface area contributed by atoms with Crippen molar-refractivity contribution < 1.29 is 14.7 Å². The van der Waals surface area contributed by atoms with Gasteiger partial charge in [-0.3, -0.25) is 4.79 Å². The number of amides is 1. The van der Waals surface area contributed by atoms with E-state index in [4.69, 9.17) is 11.6 Å². The second-order valence-corrected chi connectivity index (χ2v) is 6.00. The predicted molar refractivity (Wildman–Crippen MR) is 74.5 cm³/mol. The lowest BCUT2D eigenvalue weighted by molar-refractivity contribution is -0.142. The first-order valence-corrected chi connectivity index (χ1v) is 6.30. The monoisotopic (exact) mass is 283 g/mol. The maximum Gasteiger partial charge on any atom is 0.326 e. The quantitative estimate of drug-likeness (QED) is 0.896. The summed E-state index contributed by atoms with van der Waals surface area (Å²) in [4.78, 5) is 23.3. The summed E-state index contributed by atoms with van der Waals surface area (Å²) in [7, 11) is 0. The molecule has 0 radical (unpaired) electrons. The van der Waals surface area contributed by atoms with Crippen LogP contribution >= 0.6 is 11.6 Å². The maximum absolute atomic E-state index is 12.1. The largest absolute Gasteiger partial charge is 0.480 e. The van der Waals surface area contributed by atoms with Crippen LogP contribution in [-0.2, 0) is 4.79 Å². The Bertz CT molecular complexity index is 506. The van der Waals surface area contributed by atoms with Gasteiger partial charge in [0.1, 0.15) is 6.04 Å². The maximum atomic E-state index is 12.1. The molecule has 0 aliphatic carbocycles. The molecule has 0 bridgehead atoms. The minimum absolute atomic E-state index is 0.280. The van der Waals surface area contributed by atoms with Gasteiger partial charge < -0.3 is 10.4 Å². The smallest absolute Gasteiger partial charge is 0.326 e. The third-order valence-electron chi connectivity index (χ3n) is 2.76. The van der Waals surface area contributed by atoms with Gasteiger partial charge in [0.15, 0.2) is 0 Å². The molecule has 0 saturated heterocycles. The number of aliphatic carboxylic acids is 1. The van der Waals surface area contributed by atoms with Crippen LogP contribution in [0.2, 0.25) is 5.02 Å². The Hall–Kier alpha value is -1.55. The van der Waals surface area contributed by atoms with Crippen LogP contribution in [0.15, 0.2) is 18.2 Å². The topological polar surface area (TPSA) is 66.4 Å². The minimum atomic E-state index is -1.07. The highest BCUT2D eigenvalue weighted by molar-refractivity contribution is 6.34. The first kappa shape index (κ1) is 15.5. The van der Waals surface area contributed by atoms with Gasteiger partial charge in [-0.25, -0.2) is 4.79 Å². The van der Waals surface area contributed by atoms with E-state index in [1.165, 1.54) is 0 Å². The molecule has 104 valence electrons. The lowest BCUT2D eigenvalue weighted by Gasteiger charge is -2.27. The zero-order chi connectivity index (χ0) is 14.8. The third kappa shape index (κ3) is 3.96. The Balaban J connectivity index is 2.98. The number of halogens is 1. The molecule has 0 aliphatic heterocycles. The fraction of sp³-hybridized carbons (Fsp3) is 0.429. The normalized spacial score (nSPS) is 12.9. The summed E-state index contributed by atoms with van der Waals surface area (Å²) in [6, 6.07) is 4.04. The summed E-state index contributed by atoms with van der Waals surface area (Å²) in [5, 5.41) is 12.0. The number of carbonyl (C=O) groups is 2. The van der Waals surface area contributed by atoms with E-state index >= 15 is 0 Å². The fourth-order valence-electron chi connectivity index (χ4n) is 1.66. The zero-order valence-electron chi connectivity index (χ0n) is 11.5. The average molecular weight is 284 g/mol. The highest BCUT2D eigenvalue weighted by Gasteiger charge is 2.33. The second kappa shape index (κ2) is 5.61. The number of carboxylic acid groups (broad SMARTS) is 1. The SMILES string of the molecule is Cc1ccc(C(=O)N[C@@H](C(=O)O)C(C)(C)C)c(Cl)c1. The third-order valence-corrected chi connectivity index (χ3v) is 3.07. The molecule has 4 nitrogen and oxygen atoms in total. The lowest BCUT2D eigenvalue weighted by Crippen LogP contribution is -2.49. The van der Waals surface area contributed by atoms with Gasteiger partial charge in [0, 0.05) is 0 Å². The molecule has 0 spiro atoms. The molecule has 19 heavy (non-hydrogen) atoms. The Morgan fingerprint density at radius 1 is 1.32 bits per heavy atom. The molecule has 1 aromatic rings. The van der Waals surface area contributed by atoms with Crippen LogP contribution in [-0.4, -0.2) is 23.0 Å². The summed E-state index contributed by atoms with van der Waals surface area (Å²) < 4.78 is 0. The van der Waals surface area contributed by atoms with E-state index in [1.807, 2.05) is 6.92 Å². The molecule has 1 atom stereocenters. The molecule has 1 rings (SSSR count). The van der Waals surface area contributed by atoms with Crippen molar-refractivity contribution >= 4 is 23.5 Å². The van der Waals surface area contributed by atoms with Crippen LogP contribution in [0.1, 0.15) is 36.7 Å². The summed E-state index contributed by atoms with van der Waals surface area (Å²) in [6.07, 6.45) is 0. The van der Waals surface area contributed by atoms with E-state index in [-0.39, 0.29) is 5.56 Å². The van der Waals surface area contributed by atoms with E-state index in [0.717, 1.165) is 5.56 Å². The lowest BCUT2D eigenvalue weighted by atomic mass is 9.86. The summed E-state index contributed by atoms with van der Waals surface area (Å²) in [5.74, 6) is -1.54. The van der Waals surface area contributed by atoms with Gasteiger partial charge in [0.2, 0.25) is 0 Å². The van der Waals surface area contributed by atoms with Crippen molar-refractivity contribution in [2.45, 2.75) is 33.7 Å². The Labute approximate surface area is 117 Å². The Morgan fingerprint density at radius 2 is 1.89 bits per heavy atom. The highest BCUT2D eigenvalue weighted by Crippen LogP contribution is 2.22. The molecule has 5 heteroatoms. The van der Waals surface area contributed by atoms with Gasteiger partial charge in [-0.15, -0.1) is 0 Å². The van der Waals surface area contributed by atoms with Crippen molar-refractivity contribution in [2.75, 3.05) is 0 Å². The predicted octanol–water partition coefficient (Wildman–Crippen LogP) is 2.88. The summed E-state index contributed by atoms with van der Waals surface area (Å²) >= 11 is 5.99. The van der Waals surface area contributed by atoms with Crippen molar-refractivity contribution in [1.29, 1.82) is 0 Å². The van der Waals surface area contributed by atoms with Crippen LogP contribution in [0.4, 0.5) is 0 Å². The first-order chi connectivity index (χ1) is 8.62. The molecule has 0 aromatic heterocycles. The molecule has 1 aromatic carbocycles. The first-order valence-electron chi connectivity index (χ1n) is 5.92. The minimum Gasteiger partial charge on any atom is -0.480 e. The molecule has 0 aliphatic rings. The Morgan fingerprint density at radius 3 is 2.32 bits per heavy atom. The van der Waals surface area contributed by atoms with Crippen LogP contribution < -0.4 is 5.32 Å². The van der Waals surface area contributed by atoms with Crippen molar-refractivity contribution in [2.24, 2.45) is 5.41 Å². The number of benzene rings is 1. The van der Waals surface area contributed by atoms with Gasteiger partial charge in [-0.2, -0.15) is 0 Å². The second-order valence-electron chi connectivity index (χ2n) is 5.59. The highest BCUT2D eigenvalue weighted by atomic mass is 35.5. The van der Waals surface area contributed by atoms with Crippen molar-refractivity contribution in [3.05, 3.63) is 34.3 Å². The van der Waals surface area contributed by atoms with Crippen molar-refractivity contribution in [3.63, 3.8) is 0 Å². The number of hydrogen-bond acceptors (Lipinski definition) is 2. The molecule has 1 amide bonds. The van der Waals surface area contributed by atoms with E-state index < -0.39 is 23.3 Å². The number of nitrogens with one attached hydrogen (secondary N) is 1. The molecule has 0 saturated carbocycles. The van der Waals surface area contributed by atoms with E-state index in [1.54, 1.807) is 39.0 Å². The average Bonchev–Trinajstić information content (AvgIpc) is 2.23. The van der Waals surface area contributed by atoms with E-state index in [9.17, 15) is 14.7 Å². The van der Waals surface area contributed by atoms with Crippen molar-refractivity contribution in [3.8, 4) is 0 Å². The molecular weight excluding hydrogens is 266 g/mol. The van der Waals surface area contributed by atoms with E-state index in [0.29, 0.717) is 5.02 Å². The van der Waals surface area contributed by atoms with Crippen LogP contribution in [0.3, 0.4) is 0 Å². The van der Waals surface area contributed by atoms with Gasteiger partial charge in [0.25, 0.3) is 5.91 Å². The van der Waals surface area contributed by atoms with Gasteiger partial charge >= 0.3 is 5.97 Å². The Kier molecular flexibility index (Phi) is 4.58.